The molecular weight excluding hydrogens is 256 g/mol. The molecule has 1 N–H and O–H groups in total. The molecule has 0 fully saturated rings. The molecule has 3 rings (SSSR count). The van der Waals surface area contributed by atoms with E-state index in [4.69, 9.17) is 14.2 Å². The van der Waals surface area contributed by atoms with Gasteiger partial charge >= 0.3 is 0 Å². The molecule has 1 aliphatic heterocycles. The van der Waals surface area contributed by atoms with Crippen molar-refractivity contribution in [3.8, 4) is 23.0 Å². The van der Waals surface area contributed by atoms with Gasteiger partial charge in [-0.05, 0) is 48.2 Å². The Labute approximate surface area is 117 Å². The Hall–Kier alpha value is -2.36. The summed E-state index contributed by atoms with van der Waals surface area (Å²) in [6.45, 7) is 0.238. The summed E-state index contributed by atoms with van der Waals surface area (Å²) in [4.78, 5) is 0. The zero-order valence-electron chi connectivity index (χ0n) is 11.3. The van der Waals surface area contributed by atoms with Crippen LogP contribution in [0.3, 0.4) is 0 Å². The highest BCUT2D eigenvalue weighted by Crippen LogP contribution is 2.42. The Morgan fingerprint density at radius 2 is 1.95 bits per heavy atom. The maximum Gasteiger partial charge on any atom is 0.231 e. The van der Waals surface area contributed by atoms with Crippen LogP contribution in [-0.4, -0.2) is 19.0 Å². The van der Waals surface area contributed by atoms with Crippen LogP contribution in [-0.2, 0) is 12.8 Å². The van der Waals surface area contributed by atoms with Gasteiger partial charge in [0, 0.05) is 0 Å². The van der Waals surface area contributed by atoms with Crippen LogP contribution in [0.4, 0.5) is 0 Å². The highest BCUT2D eigenvalue weighted by molar-refractivity contribution is 5.55. The molecule has 20 heavy (non-hydrogen) atoms. The molecule has 0 unspecified atom stereocenters. The smallest absolute Gasteiger partial charge is 0.231 e. The fourth-order valence-electron chi connectivity index (χ4n) is 2.33. The molecule has 104 valence electrons. The second-order valence-corrected chi connectivity index (χ2v) is 4.70. The van der Waals surface area contributed by atoms with E-state index in [0.29, 0.717) is 17.2 Å². The largest absolute Gasteiger partial charge is 0.508 e. The zero-order chi connectivity index (χ0) is 13.9. The molecule has 0 bridgehead atoms. The van der Waals surface area contributed by atoms with Crippen LogP contribution in [0, 0.1) is 0 Å². The van der Waals surface area contributed by atoms with Crippen LogP contribution < -0.4 is 14.2 Å². The van der Waals surface area contributed by atoms with Gasteiger partial charge in [0.05, 0.1) is 7.11 Å². The van der Waals surface area contributed by atoms with E-state index in [0.717, 1.165) is 29.7 Å². The number of phenols is 1. The van der Waals surface area contributed by atoms with E-state index in [2.05, 4.69) is 0 Å². The van der Waals surface area contributed by atoms with Crippen molar-refractivity contribution in [2.24, 2.45) is 0 Å². The fourth-order valence-corrected chi connectivity index (χ4v) is 2.33. The summed E-state index contributed by atoms with van der Waals surface area (Å²) in [7, 11) is 1.62. The van der Waals surface area contributed by atoms with Gasteiger partial charge in [0.1, 0.15) is 5.75 Å². The van der Waals surface area contributed by atoms with Crippen molar-refractivity contribution in [3.05, 3.63) is 47.5 Å². The lowest BCUT2D eigenvalue weighted by Crippen LogP contribution is -1.94. The fraction of sp³-hybridized carbons (Fsp3) is 0.250. The van der Waals surface area contributed by atoms with E-state index in [1.165, 1.54) is 0 Å². The van der Waals surface area contributed by atoms with Gasteiger partial charge in [-0.25, -0.2) is 0 Å². The van der Waals surface area contributed by atoms with Gasteiger partial charge in [0.2, 0.25) is 12.5 Å². The van der Waals surface area contributed by atoms with Gasteiger partial charge in [-0.3, -0.25) is 0 Å². The van der Waals surface area contributed by atoms with Gasteiger partial charge in [-0.1, -0.05) is 12.1 Å². The Kier molecular flexibility index (Phi) is 3.37. The molecule has 0 aliphatic carbocycles. The number of benzene rings is 2. The Morgan fingerprint density at radius 1 is 1.10 bits per heavy atom. The zero-order valence-corrected chi connectivity index (χ0v) is 11.3. The number of fused-ring (bicyclic) bond motifs is 1. The van der Waals surface area contributed by atoms with Crippen LogP contribution in [0.15, 0.2) is 36.4 Å². The minimum atomic E-state index is 0.238. The molecule has 0 aromatic heterocycles. The van der Waals surface area contributed by atoms with Crippen LogP contribution in [0.2, 0.25) is 0 Å². The molecule has 0 spiro atoms. The monoisotopic (exact) mass is 272 g/mol. The Bertz CT molecular complexity index is 622. The van der Waals surface area contributed by atoms with Crippen LogP contribution in [0.25, 0.3) is 0 Å². The van der Waals surface area contributed by atoms with Crippen LogP contribution in [0.5, 0.6) is 23.0 Å². The van der Waals surface area contributed by atoms with Crippen LogP contribution in [0.1, 0.15) is 11.1 Å². The molecule has 0 atom stereocenters. The minimum absolute atomic E-state index is 0.238. The van der Waals surface area contributed by atoms with E-state index < -0.39 is 0 Å². The predicted octanol–water partition coefficient (Wildman–Crippen LogP) is 2.91. The Morgan fingerprint density at radius 3 is 2.75 bits per heavy atom. The molecule has 4 heteroatoms. The summed E-state index contributed by atoms with van der Waals surface area (Å²) >= 11 is 0. The van der Waals surface area contributed by atoms with Crippen LogP contribution >= 0.6 is 0 Å². The number of aromatic hydroxyl groups is 1. The molecule has 4 nitrogen and oxygen atoms in total. The third-order valence-electron chi connectivity index (χ3n) is 3.33. The van der Waals surface area contributed by atoms with Crippen molar-refractivity contribution in [3.63, 3.8) is 0 Å². The van der Waals surface area contributed by atoms with Gasteiger partial charge in [0.15, 0.2) is 11.5 Å². The molecule has 0 saturated carbocycles. The normalized spacial score (nSPS) is 12.4. The van der Waals surface area contributed by atoms with Crippen molar-refractivity contribution in [1.82, 2.24) is 0 Å². The summed E-state index contributed by atoms with van der Waals surface area (Å²) in [6.07, 6.45) is 1.69. The second-order valence-electron chi connectivity index (χ2n) is 4.70. The quantitative estimate of drug-likeness (QED) is 0.929. The third kappa shape index (κ3) is 2.50. The van der Waals surface area contributed by atoms with Crippen molar-refractivity contribution in [2.45, 2.75) is 12.8 Å². The summed E-state index contributed by atoms with van der Waals surface area (Å²) in [5, 5.41) is 9.46. The van der Waals surface area contributed by atoms with Gasteiger partial charge in [-0.15, -0.1) is 0 Å². The molecular formula is C16H16O4. The van der Waals surface area contributed by atoms with E-state index in [1.54, 1.807) is 19.2 Å². The molecule has 0 amide bonds. The van der Waals surface area contributed by atoms with E-state index in [-0.39, 0.29) is 6.79 Å². The molecule has 2 aromatic carbocycles. The van der Waals surface area contributed by atoms with Gasteiger partial charge in [-0.2, -0.15) is 0 Å². The number of hydrogen-bond donors (Lipinski definition) is 1. The second kappa shape index (κ2) is 5.33. The van der Waals surface area contributed by atoms with Gasteiger partial charge in [0.25, 0.3) is 0 Å². The summed E-state index contributed by atoms with van der Waals surface area (Å²) in [6, 6.07) is 11.3. The van der Waals surface area contributed by atoms with E-state index in [1.807, 2.05) is 24.3 Å². The highest BCUT2D eigenvalue weighted by Gasteiger charge is 2.19. The molecule has 0 radical (unpaired) electrons. The lowest BCUT2D eigenvalue weighted by atomic mass is 10.0. The van der Waals surface area contributed by atoms with E-state index >= 15 is 0 Å². The van der Waals surface area contributed by atoms with Crippen molar-refractivity contribution in [2.75, 3.05) is 13.9 Å². The summed E-state index contributed by atoms with van der Waals surface area (Å²) in [5.74, 6) is 2.40. The highest BCUT2D eigenvalue weighted by atomic mass is 16.7. The predicted molar refractivity (Wildman–Crippen MR) is 74.6 cm³/mol. The number of hydrogen-bond acceptors (Lipinski definition) is 4. The first-order chi connectivity index (χ1) is 9.76. The lowest BCUT2D eigenvalue weighted by Gasteiger charge is -2.08. The maximum atomic E-state index is 9.46. The SMILES string of the molecule is COc1cc(CCc2cccc(O)c2)cc2c1OCO2. The first kappa shape index (κ1) is 12.7. The number of ether oxygens (including phenoxy) is 3. The van der Waals surface area contributed by atoms with E-state index in [9.17, 15) is 5.11 Å². The first-order valence-electron chi connectivity index (χ1n) is 6.50. The maximum absolute atomic E-state index is 9.46. The van der Waals surface area contributed by atoms with Crippen molar-refractivity contribution >= 4 is 0 Å². The Balaban J connectivity index is 1.78. The number of phenolic OH excluding ortho intramolecular Hbond substituents is 1. The molecule has 2 aromatic rings. The first-order valence-corrected chi connectivity index (χ1v) is 6.50. The third-order valence-corrected chi connectivity index (χ3v) is 3.33. The topological polar surface area (TPSA) is 47.9 Å². The summed E-state index contributed by atoms with van der Waals surface area (Å²) in [5.41, 5.74) is 2.22. The summed E-state index contributed by atoms with van der Waals surface area (Å²) < 4.78 is 16.1. The molecule has 1 aliphatic rings. The van der Waals surface area contributed by atoms with Crippen molar-refractivity contribution < 1.29 is 19.3 Å². The number of aryl methyl sites for hydroxylation is 2. The minimum Gasteiger partial charge on any atom is -0.508 e. The molecule has 1 heterocycles. The average Bonchev–Trinajstić information content (AvgIpc) is 2.92. The van der Waals surface area contributed by atoms with Crippen molar-refractivity contribution in [1.29, 1.82) is 0 Å². The molecule has 0 saturated heterocycles. The average molecular weight is 272 g/mol. The van der Waals surface area contributed by atoms with Gasteiger partial charge < -0.3 is 19.3 Å². The standard InChI is InChI=1S/C16H16O4/c1-18-14-8-12(9-15-16(14)20-10-19-15)6-5-11-3-2-4-13(17)7-11/h2-4,7-9,17H,5-6,10H2,1H3. The number of rotatable bonds is 4. The lowest BCUT2D eigenvalue weighted by molar-refractivity contribution is 0.171. The number of methoxy groups -OCH3 is 1.